The first-order valence-corrected chi connectivity index (χ1v) is 5.17. The first kappa shape index (κ1) is 11.3. The van der Waals surface area contributed by atoms with Crippen molar-refractivity contribution in [3.05, 3.63) is 42.5 Å². The molecular weight excluding hydrogens is 216 g/mol. The summed E-state index contributed by atoms with van der Waals surface area (Å²) in [7, 11) is 3.19. The number of benzene rings is 2. The SMILES string of the molecule is COc1c[c]c(-c2cccc(O)c2)c(OC)c1. The molecule has 2 rings (SSSR count). The molecular formula is C14H13O3. The maximum atomic E-state index is 9.46. The lowest BCUT2D eigenvalue weighted by molar-refractivity contribution is 0.395. The third-order valence-corrected chi connectivity index (χ3v) is 2.47. The largest absolute Gasteiger partial charge is 0.508 e. The fourth-order valence-electron chi connectivity index (χ4n) is 1.62. The van der Waals surface area contributed by atoms with Crippen molar-refractivity contribution in [2.45, 2.75) is 0 Å². The number of phenols is 1. The summed E-state index contributed by atoms with van der Waals surface area (Å²) in [5, 5.41) is 9.46. The van der Waals surface area contributed by atoms with Gasteiger partial charge in [-0.05, 0) is 29.8 Å². The van der Waals surface area contributed by atoms with Gasteiger partial charge in [-0.2, -0.15) is 0 Å². The van der Waals surface area contributed by atoms with E-state index < -0.39 is 0 Å². The van der Waals surface area contributed by atoms with Crippen molar-refractivity contribution < 1.29 is 14.6 Å². The summed E-state index contributed by atoms with van der Waals surface area (Å²) < 4.78 is 10.4. The van der Waals surface area contributed by atoms with Gasteiger partial charge in [0.15, 0.2) is 0 Å². The summed E-state index contributed by atoms with van der Waals surface area (Å²) in [6.07, 6.45) is 0. The Morgan fingerprint density at radius 2 is 1.94 bits per heavy atom. The zero-order valence-electron chi connectivity index (χ0n) is 9.73. The Morgan fingerprint density at radius 3 is 2.59 bits per heavy atom. The molecule has 1 N–H and O–H groups in total. The van der Waals surface area contributed by atoms with Crippen LogP contribution in [-0.4, -0.2) is 19.3 Å². The van der Waals surface area contributed by atoms with Crippen LogP contribution < -0.4 is 9.47 Å². The van der Waals surface area contributed by atoms with Crippen LogP contribution in [-0.2, 0) is 0 Å². The molecule has 3 heteroatoms. The number of aromatic hydroxyl groups is 1. The van der Waals surface area contributed by atoms with Crippen molar-refractivity contribution in [2.75, 3.05) is 14.2 Å². The highest BCUT2D eigenvalue weighted by atomic mass is 16.5. The van der Waals surface area contributed by atoms with E-state index in [9.17, 15) is 5.11 Å². The van der Waals surface area contributed by atoms with Crippen molar-refractivity contribution in [3.8, 4) is 28.4 Å². The van der Waals surface area contributed by atoms with Crippen LogP contribution in [0.2, 0.25) is 0 Å². The lowest BCUT2D eigenvalue weighted by atomic mass is 10.0. The minimum absolute atomic E-state index is 0.216. The van der Waals surface area contributed by atoms with Crippen LogP contribution in [0, 0.1) is 6.07 Å². The Kier molecular flexibility index (Phi) is 3.19. The van der Waals surface area contributed by atoms with E-state index in [1.807, 2.05) is 6.07 Å². The first-order valence-electron chi connectivity index (χ1n) is 5.17. The van der Waals surface area contributed by atoms with Crippen molar-refractivity contribution in [1.82, 2.24) is 0 Å². The van der Waals surface area contributed by atoms with Gasteiger partial charge in [-0.25, -0.2) is 0 Å². The maximum absolute atomic E-state index is 9.46. The van der Waals surface area contributed by atoms with Crippen LogP contribution in [0.3, 0.4) is 0 Å². The van der Waals surface area contributed by atoms with Gasteiger partial charge in [0.2, 0.25) is 0 Å². The molecule has 2 aromatic carbocycles. The van der Waals surface area contributed by atoms with Gasteiger partial charge in [-0.15, -0.1) is 0 Å². The molecule has 0 unspecified atom stereocenters. The molecule has 0 bridgehead atoms. The second kappa shape index (κ2) is 4.78. The van der Waals surface area contributed by atoms with E-state index in [4.69, 9.17) is 9.47 Å². The summed E-state index contributed by atoms with van der Waals surface area (Å²) in [6.45, 7) is 0. The van der Waals surface area contributed by atoms with E-state index in [1.165, 1.54) is 0 Å². The third-order valence-electron chi connectivity index (χ3n) is 2.47. The molecule has 0 atom stereocenters. The number of methoxy groups -OCH3 is 2. The number of hydrogen-bond donors (Lipinski definition) is 1. The first-order chi connectivity index (χ1) is 8.24. The predicted molar refractivity (Wildman–Crippen MR) is 65.5 cm³/mol. The highest BCUT2D eigenvalue weighted by molar-refractivity contribution is 5.71. The smallest absolute Gasteiger partial charge is 0.131 e. The average Bonchev–Trinajstić information content (AvgIpc) is 2.38. The Labute approximate surface area is 100 Å². The minimum atomic E-state index is 0.216. The van der Waals surface area contributed by atoms with Crippen molar-refractivity contribution in [1.29, 1.82) is 0 Å². The molecule has 0 saturated heterocycles. The van der Waals surface area contributed by atoms with Crippen LogP contribution >= 0.6 is 0 Å². The molecule has 0 aliphatic heterocycles. The van der Waals surface area contributed by atoms with Crippen LogP contribution in [0.15, 0.2) is 36.4 Å². The minimum Gasteiger partial charge on any atom is -0.508 e. The molecule has 0 saturated carbocycles. The Hall–Kier alpha value is -2.16. The lowest BCUT2D eigenvalue weighted by Gasteiger charge is -2.10. The average molecular weight is 229 g/mol. The summed E-state index contributed by atoms with van der Waals surface area (Å²) in [6, 6.07) is 13.6. The third kappa shape index (κ3) is 2.33. The molecule has 17 heavy (non-hydrogen) atoms. The molecule has 2 aromatic rings. The molecule has 0 spiro atoms. The quantitative estimate of drug-likeness (QED) is 0.879. The maximum Gasteiger partial charge on any atom is 0.131 e. The zero-order chi connectivity index (χ0) is 12.3. The van der Waals surface area contributed by atoms with E-state index in [1.54, 1.807) is 44.6 Å². The van der Waals surface area contributed by atoms with Gasteiger partial charge in [-0.3, -0.25) is 0 Å². The van der Waals surface area contributed by atoms with Gasteiger partial charge in [0.25, 0.3) is 0 Å². The summed E-state index contributed by atoms with van der Waals surface area (Å²) in [5.74, 6) is 1.56. The monoisotopic (exact) mass is 229 g/mol. The van der Waals surface area contributed by atoms with Gasteiger partial charge in [0, 0.05) is 11.6 Å². The molecule has 0 amide bonds. The Bertz CT molecular complexity index is 521. The molecule has 0 aromatic heterocycles. The number of hydrogen-bond acceptors (Lipinski definition) is 3. The van der Waals surface area contributed by atoms with Gasteiger partial charge >= 0.3 is 0 Å². The topological polar surface area (TPSA) is 38.7 Å². The molecule has 0 aliphatic carbocycles. The van der Waals surface area contributed by atoms with E-state index in [0.717, 1.165) is 11.1 Å². The van der Waals surface area contributed by atoms with Crippen LogP contribution in [0.4, 0.5) is 0 Å². The Morgan fingerprint density at radius 1 is 1.12 bits per heavy atom. The Balaban J connectivity index is 2.51. The molecule has 87 valence electrons. The number of ether oxygens (including phenoxy) is 2. The highest BCUT2D eigenvalue weighted by Crippen LogP contribution is 2.33. The van der Waals surface area contributed by atoms with E-state index in [-0.39, 0.29) is 5.75 Å². The lowest BCUT2D eigenvalue weighted by Crippen LogP contribution is -1.90. The molecule has 1 radical (unpaired) electrons. The van der Waals surface area contributed by atoms with E-state index in [2.05, 4.69) is 6.07 Å². The second-order valence-corrected chi connectivity index (χ2v) is 3.53. The molecule has 3 nitrogen and oxygen atoms in total. The highest BCUT2D eigenvalue weighted by Gasteiger charge is 2.08. The van der Waals surface area contributed by atoms with Crippen LogP contribution in [0.1, 0.15) is 0 Å². The van der Waals surface area contributed by atoms with Gasteiger partial charge < -0.3 is 14.6 Å². The fraction of sp³-hybridized carbons (Fsp3) is 0.143. The van der Waals surface area contributed by atoms with Gasteiger partial charge in [0.05, 0.1) is 14.2 Å². The predicted octanol–water partition coefficient (Wildman–Crippen LogP) is 2.88. The van der Waals surface area contributed by atoms with E-state index in [0.29, 0.717) is 11.5 Å². The second-order valence-electron chi connectivity index (χ2n) is 3.53. The standard InChI is InChI=1S/C14H13O3/c1-16-12-6-7-13(14(9-12)17-2)10-4-3-5-11(15)8-10/h3-6,8-9,15H,1-2H3. The summed E-state index contributed by atoms with van der Waals surface area (Å²) in [5.41, 5.74) is 1.65. The molecule has 0 heterocycles. The summed E-state index contributed by atoms with van der Waals surface area (Å²) in [4.78, 5) is 0. The number of phenolic OH excluding ortho intramolecular Hbond substituents is 1. The van der Waals surface area contributed by atoms with E-state index >= 15 is 0 Å². The van der Waals surface area contributed by atoms with Gasteiger partial charge in [-0.1, -0.05) is 12.1 Å². The normalized spacial score (nSPS) is 10.0. The van der Waals surface area contributed by atoms with Crippen molar-refractivity contribution in [2.24, 2.45) is 0 Å². The molecule has 0 fully saturated rings. The van der Waals surface area contributed by atoms with Crippen molar-refractivity contribution in [3.63, 3.8) is 0 Å². The van der Waals surface area contributed by atoms with Crippen LogP contribution in [0.5, 0.6) is 17.2 Å². The number of rotatable bonds is 3. The van der Waals surface area contributed by atoms with Crippen molar-refractivity contribution >= 4 is 0 Å². The zero-order valence-corrected chi connectivity index (χ0v) is 9.73. The fourth-order valence-corrected chi connectivity index (χ4v) is 1.62. The van der Waals surface area contributed by atoms with Gasteiger partial charge in [0.1, 0.15) is 17.2 Å². The van der Waals surface area contributed by atoms with Crippen LogP contribution in [0.25, 0.3) is 11.1 Å². The molecule has 0 aliphatic rings. The summed E-state index contributed by atoms with van der Waals surface area (Å²) >= 11 is 0.